The van der Waals surface area contributed by atoms with Gasteiger partial charge in [0.05, 0.1) is 17.9 Å². The van der Waals surface area contributed by atoms with Crippen LogP contribution in [-0.2, 0) is 22.2 Å². The van der Waals surface area contributed by atoms with Crippen LogP contribution in [0.3, 0.4) is 0 Å². The number of hydrogen-bond acceptors (Lipinski definition) is 6. The summed E-state index contributed by atoms with van der Waals surface area (Å²) in [6.07, 6.45) is 0.509. The molecule has 5 rings (SSSR count). The van der Waals surface area contributed by atoms with E-state index in [9.17, 15) is 28.2 Å². The van der Waals surface area contributed by atoms with Crippen molar-refractivity contribution in [1.29, 1.82) is 0 Å². The number of amides is 1. The highest BCUT2D eigenvalue weighted by atomic mass is 32.2. The number of anilines is 2. The summed E-state index contributed by atoms with van der Waals surface area (Å²) in [4.78, 5) is 24.3. The number of carboxylic acids is 1. The summed E-state index contributed by atoms with van der Waals surface area (Å²) in [5, 5.41) is 21.8. The molecule has 234 valence electrons. The number of carboxylic acid groups (broad SMARTS) is 1. The van der Waals surface area contributed by atoms with Crippen molar-refractivity contribution in [3.63, 3.8) is 0 Å². The first kappa shape index (κ1) is 31.8. The van der Waals surface area contributed by atoms with Crippen LogP contribution in [0.5, 0.6) is 11.5 Å². The SMILES string of the molecule is Cc1cc(NC(=O)c2ccc(-c3ccc(O)cc3)cc2)ccc1OCCc1cccc(NS(=O)(=O)Cc2ccccc2C(=O)O)c1. The van der Waals surface area contributed by atoms with Gasteiger partial charge in [0.1, 0.15) is 11.5 Å². The summed E-state index contributed by atoms with van der Waals surface area (Å²) >= 11 is 0. The highest BCUT2D eigenvalue weighted by Crippen LogP contribution is 2.25. The zero-order valence-electron chi connectivity index (χ0n) is 24.9. The van der Waals surface area contributed by atoms with Crippen LogP contribution in [0.15, 0.2) is 115 Å². The van der Waals surface area contributed by atoms with Crippen molar-refractivity contribution in [2.24, 2.45) is 0 Å². The molecule has 0 radical (unpaired) electrons. The molecular formula is C36H32N2O7S. The van der Waals surface area contributed by atoms with Crippen molar-refractivity contribution >= 4 is 33.3 Å². The zero-order valence-corrected chi connectivity index (χ0v) is 25.8. The van der Waals surface area contributed by atoms with Gasteiger partial charge < -0.3 is 20.3 Å². The van der Waals surface area contributed by atoms with E-state index in [1.165, 1.54) is 12.1 Å². The Hall–Kier alpha value is -5.61. The second-order valence-electron chi connectivity index (χ2n) is 10.7. The second kappa shape index (κ2) is 14.0. The largest absolute Gasteiger partial charge is 0.508 e. The molecule has 0 bridgehead atoms. The molecule has 0 heterocycles. The monoisotopic (exact) mass is 636 g/mol. The van der Waals surface area contributed by atoms with E-state index < -0.39 is 21.7 Å². The van der Waals surface area contributed by atoms with E-state index in [-0.39, 0.29) is 22.8 Å². The first-order valence-electron chi connectivity index (χ1n) is 14.4. The Morgan fingerprint density at radius 2 is 1.48 bits per heavy atom. The van der Waals surface area contributed by atoms with Gasteiger partial charge in [-0.2, -0.15) is 0 Å². The Morgan fingerprint density at radius 1 is 0.783 bits per heavy atom. The van der Waals surface area contributed by atoms with Crippen LogP contribution in [-0.4, -0.2) is 37.1 Å². The molecule has 10 heteroatoms. The molecule has 46 heavy (non-hydrogen) atoms. The van der Waals surface area contributed by atoms with Crippen molar-refractivity contribution in [3.8, 4) is 22.6 Å². The van der Waals surface area contributed by atoms with Crippen LogP contribution >= 0.6 is 0 Å². The van der Waals surface area contributed by atoms with Crippen LogP contribution in [0.25, 0.3) is 11.1 Å². The number of aromatic carboxylic acids is 1. The normalized spacial score (nSPS) is 11.1. The van der Waals surface area contributed by atoms with Crippen molar-refractivity contribution in [2.45, 2.75) is 19.1 Å². The van der Waals surface area contributed by atoms with Gasteiger partial charge in [-0.15, -0.1) is 0 Å². The van der Waals surface area contributed by atoms with Gasteiger partial charge in [-0.25, -0.2) is 13.2 Å². The number of aromatic hydroxyl groups is 1. The smallest absolute Gasteiger partial charge is 0.335 e. The molecule has 0 aliphatic rings. The summed E-state index contributed by atoms with van der Waals surface area (Å²) in [5.74, 6) is -1.04. The van der Waals surface area contributed by atoms with Gasteiger partial charge >= 0.3 is 5.97 Å². The lowest BCUT2D eigenvalue weighted by Crippen LogP contribution is -2.17. The maximum absolute atomic E-state index is 12.8. The Labute approximate surface area is 267 Å². The molecule has 0 aliphatic heterocycles. The van der Waals surface area contributed by atoms with Gasteiger partial charge in [0.15, 0.2) is 0 Å². The van der Waals surface area contributed by atoms with Crippen LogP contribution in [0.2, 0.25) is 0 Å². The molecule has 0 atom stereocenters. The summed E-state index contributed by atoms with van der Waals surface area (Å²) < 4.78 is 34.1. The number of phenolic OH excluding ortho intramolecular Hbond substituents is 1. The Kier molecular flexibility index (Phi) is 9.68. The first-order chi connectivity index (χ1) is 22.1. The topological polar surface area (TPSA) is 142 Å². The van der Waals surface area contributed by atoms with Crippen molar-refractivity contribution in [2.75, 3.05) is 16.6 Å². The van der Waals surface area contributed by atoms with Gasteiger partial charge in [0.2, 0.25) is 10.0 Å². The van der Waals surface area contributed by atoms with Crippen LogP contribution in [0, 0.1) is 6.92 Å². The lowest BCUT2D eigenvalue weighted by Gasteiger charge is -2.13. The van der Waals surface area contributed by atoms with Crippen molar-refractivity contribution in [1.82, 2.24) is 0 Å². The number of benzene rings is 5. The fraction of sp³-hybridized carbons (Fsp3) is 0.111. The third kappa shape index (κ3) is 8.30. The molecule has 0 fully saturated rings. The second-order valence-corrected chi connectivity index (χ2v) is 12.4. The van der Waals surface area contributed by atoms with E-state index in [0.717, 1.165) is 22.3 Å². The molecule has 0 spiro atoms. The number of carbonyl (C=O) groups is 2. The number of aryl methyl sites for hydroxylation is 1. The van der Waals surface area contributed by atoms with Crippen LogP contribution in [0.1, 0.15) is 37.4 Å². The van der Waals surface area contributed by atoms with Crippen molar-refractivity contribution in [3.05, 3.63) is 143 Å². The van der Waals surface area contributed by atoms with Gasteiger partial charge in [-0.3, -0.25) is 9.52 Å². The number of nitrogens with one attached hydrogen (secondary N) is 2. The summed E-state index contributed by atoms with van der Waals surface area (Å²) in [7, 11) is -3.86. The quantitative estimate of drug-likeness (QED) is 0.117. The Morgan fingerprint density at radius 3 is 2.17 bits per heavy atom. The molecule has 9 nitrogen and oxygen atoms in total. The highest BCUT2D eigenvalue weighted by Gasteiger charge is 2.17. The predicted molar refractivity (Wildman–Crippen MR) is 178 cm³/mol. The lowest BCUT2D eigenvalue weighted by molar-refractivity contribution is 0.0695. The molecular weight excluding hydrogens is 604 g/mol. The maximum atomic E-state index is 12.8. The van der Waals surface area contributed by atoms with E-state index in [1.807, 2.05) is 43.3 Å². The minimum Gasteiger partial charge on any atom is -0.508 e. The number of ether oxygens (including phenoxy) is 1. The lowest BCUT2D eigenvalue weighted by atomic mass is 10.0. The number of rotatable bonds is 12. The number of phenols is 1. The first-order valence-corrected chi connectivity index (χ1v) is 16.1. The molecule has 5 aromatic rings. The molecule has 0 saturated heterocycles. The summed E-state index contributed by atoms with van der Waals surface area (Å²) in [5.41, 5.74) is 5.21. The third-order valence-corrected chi connectivity index (χ3v) is 8.46. The number of hydrogen-bond donors (Lipinski definition) is 4. The summed E-state index contributed by atoms with van der Waals surface area (Å²) in [6, 6.07) is 32.4. The van der Waals surface area contributed by atoms with Crippen molar-refractivity contribution < 1.29 is 33.0 Å². The number of sulfonamides is 1. The minimum absolute atomic E-state index is 0.0537. The Balaban J connectivity index is 1.14. The van der Waals surface area contributed by atoms with Crippen LogP contribution < -0.4 is 14.8 Å². The fourth-order valence-electron chi connectivity index (χ4n) is 4.90. The number of carbonyl (C=O) groups excluding carboxylic acids is 1. The fourth-order valence-corrected chi connectivity index (χ4v) is 6.12. The van der Waals surface area contributed by atoms with Gasteiger partial charge in [0, 0.05) is 23.4 Å². The molecule has 0 aromatic heterocycles. The average molecular weight is 637 g/mol. The predicted octanol–water partition coefficient (Wildman–Crippen LogP) is 6.88. The summed E-state index contributed by atoms with van der Waals surface area (Å²) in [6.45, 7) is 2.22. The molecule has 0 saturated carbocycles. The minimum atomic E-state index is -3.86. The molecule has 0 aliphatic carbocycles. The highest BCUT2D eigenvalue weighted by molar-refractivity contribution is 7.91. The average Bonchev–Trinajstić information content (AvgIpc) is 3.02. The van der Waals surface area contributed by atoms with Crippen LogP contribution in [0.4, 0.5) is 11.4 Å². The Bertz CT molecular complexity index is 1970. The van der Waals surface area contributed by atoms with Gasteiger partial charge in [0.25, 0.3) is 5.91 Å². The van der Waals surface area contributed by atoms with Gasteiger partial charge in [-0.1, -0.05) is 54.6 Å². The van der Waals surface area contributed by atoms with Gasteiger partial charge in [-0.05, 0) is 95.4 Å². The molecule has 1 amide bonds. The van der Waals surface area contributed by atoms with E-state index in [0.29, 0.717) is 35.7 Å². The molecule has 5 aromatic carbocycles. The van der Waals surface area contributed by atoms with E-state index in [4.69, 9.17) is 4.74 Å². The van der Waals surface area contributed by atoms with E-state index >= 15 is 0 Å². The zero-order chi connectivity index (χ0) is 32.7. The maximum Gasteiger partial charge on any atom is 0.335 e. The molecule has 0 unspecified atom stereocenters. The van der Waals surface area contributed by atoms with E-state index in [1.54, 1.807) is 66.7 Å². The standard InChI is InChI=1S/C36H32N2O7S/c1-24-21-30(37-35(40)28-11-9-26(10-12-28)27-13-16-32(39)17-14-27)15-18-34(24)45-20-19-25-5-4-7-31(22-25)38-46(43,44)23-29-6-2-3-8-33(29)36(41)42/h2-18,21-22,38-39H,19-20,23H2,1H3,(H,37,40)(H,41,42). The van der Waals surface area contributed by atoms with E-state index in [2.05, 4.69) is 10.0 Å². The third-order valence-electron chi connectivity index (χ3n) is 7.22. The molecule has 4 N–H and O–H groups in total.